The van der Waals surface area contributed by atoms with E-state index in [9.17, 15) is 9.59 Å². The predicted molar refractivity (Wildman–Crippen MR) is 117 cm³/mol. The number of carbonyl (C=O) groups excluding carboxylic acids is 1. The van der Waals surface area contributed by atoms with Gasteiger partial charge in [0.15, 0.2) is 13.4 Å². The van der Waals surface area contributed by atoms with Crippen molar-refractivity contribution < 1.29 is 14.3 Å². The fourth-order valence-corrected chi connectivity index (χ4v) is 3.93. The van der Waals surface area contributed by atoms with Crippen molar-refractivity contribution in [3.8, 4) is 5.75 Å². The molecular weight excluding hydrogens is 373 g/mol. The van der Waals surface area contributed by atoms with Gasteiger partial charge >= 0.3 is 5.97 Å². The first-order valence-electron chi connectivity index (χ1n) is 9.11. The highest BCUT2D eigenvalue weighted by Crippen LogP contribution is 2.27. The molecule has 0 aliphatic carbocycles. The second kappa shape index (κ2) is 9.04. The average Bonchev–Trinajstić information content (AvgIpc) is 2.72. The van der Waals surface area contributed by atoms with Crippen molar-refractivity contribution in [2.45, 2.75) is 13.0 Å². The zero-order valence-electron chi connectivity index (χ0n) is 16.0. The van der Waals surface area contributed by atoms with Gasteiger partial charge in [0, 0.05) is 32.8 Å². The molecule has 0 saturated heterocycles. The molecule has 2 aromatic carbocycles. The quantitative estimate of drug-likeness (QED) is 0.254. The number of hydrogen-bond acceptors (Lipinski definition) is 6. The maximum Gasteiger partial charge on any atom is 0.330 e. The Labute approximate surface area is 168 Å². The number of likely N-dealkylation sites (N-methyl/N-ethyl adjacent to an activating group) is 1. The normalized spacial score (nSPS) is 12.2. The van der Waals surface area contributed by atoms with E-state index in [1.165, 1.54) is 0 Å². The summed E-state index contributed by atoms with van der Waals surface area (Å²) in [6, 6.07) is 13.1. The van der Waals surface area contributed by atoms with Gasteiger partial charge in [0.25, 0.3) is 0 Å². The summed E-state index contributed by atoms with van der Waals surface area (Å²) in [7, 11) is 1.95. The van der Waals surface area contributed by atoms with Crippen LogP contribution in [0.4, 0.5) is 0 Å². The van der Waals surface area contributed by atoms with E-state index in [1.807, 2.05) is 56.1 Å². The molecule has 0 fully saturated rings. The number of nitrogens with zero attached hydrogens (tertiary/aromatic N) is 1. The standard InChI is InChI=1S/C21H22BNO4S/c1-3-20(24)27-15(12-23(22)4-2)13-26-14-9-10-19-17(11-14)21(25)16-7-5-6-8-18(16)28-19/h3,5-11,15H,1,4,12-13,22H2,2H3. The Morgan fingerprint density at radius 2 is 2.00 bits per heavy atom. The van der Waals surface area contributed by atoms with Crippen molar-refractivity contribution in [1.82, 2.24) is 4.81 Å². The van der Waals surface area contributed by atoms with Crippen LogP contribution >= 0.6 is 11.3 Å². The second-order valence-electron chi connectivity index (χ2n) is 6.51. The first kappa shape index (κ1) is 20.1. The molecule has 0 saturated carbocycles. The molecule has 5 nitrogen and oxygen atoms in total. The number of esters is 1. The lowest BCUT2D eigenvalue weighted by Crippen LogP contribution is -2.37. The van der Waals surface area contributed by atoms with Gasteiger partial charge in [0.05, 0.1) is 0 Å². The molecule has 1 unspecified atom stereocenters. The fraction of sp³-hybridized carbons (Fsp3) is 0.238. The molecule has 0 aliphatic rings. The van der Waals surface area contributed by atoms with Gasteiger partial charge in [-0.25, -0.2) is 4.79 Å². The van der Waals surface area contributed by atoms with Crippen LogP contribution in [-0.4, -0.2) is 44.6 Å². The van der Waals surface area contributed by atoms with Gasteiger partial charge in [-0.3, -0.25) is 4.79 Å². The summed E-state index contributed by atoms with van der Waals surface area (Å²) < 4.78 is 13.1. The van der Waals surface area contributed by atoms with Crippen LogP contribution in [0.15, 0.2) is 59.9 Å². The Morgan fingerprint density at radius 1 is 1.25 bits per heavy atom. The summed E-state index contributed by atoms with van der Waals surface area (Å²) in [4.78, 5) is 26.4. The molecule has 0 spiro atoms. The van der Waals surface area contributed by atoms with Crippen molar-refractivity contribution in [1.29, 1.82) is 0 Å². The Balaban J connectivity index is 1.83. The highest BCUT2D eigenvalue weighted by molar-refractivity contribution is 7.24. The molecule has 0 bridgehead atoms. The van der Waals surface area contributed by atoms with E-state index in [0.29, 0.717) is 23.1 Å². The molecular formula is C21H22BNO4S. The first-order valence-corrected chi connectivity index (χ1v) is 9.93. The highest BCUT2D eigenvalue weighted by Gasteiger charge is 2.16. The summed E-state index contributed by atoms with van der Waals surface area (Å²) in [6.07, 6.45) is 0.711. The van der Waals surface area contributed by atoms with E-state index >= 15 is 0 Å². The van der Waals surface area contributed by atoms with Gasteiger partial charge in [0.2, 0.25) is 0 Å². The van der Waals surface area contributed by atoms with E-state index in [-0.39, 0.29) is 12.0 Å². The molecule has 1 aromatic heterocycles. The van der Waals surface area contributed by atoms with Crippen LogP contribution in [0.25, 0.3) is 20.2 Å². The zero-order valence-corrected chi connectivity index (χ0v) is 16.8. The van der Waals surface area contributed by atoms with Gasteiger partial charge in [-0.05, 0) is 36.9 Å². The maximum atomic E-state index is 12.8. The third-order valence-electron chi connectivity index (χ3n) is 4.49. The lowest BCUT2D eigenvalue weighted by atomic mass is 10.2. The molecule has 28 heavy (non-hydrogen) atoms. The number of benzene rings is 2. The molecule has 3 aromatic rings. The van der Waals surface area contributed by atoms with Crippen molar-refractivity contribution in [3.05, 3.63) is 65.3 Å². The Morgan fingerprint density at radius 3 is 2.75 bits per heavy atom. The molecule has 0 aliphatic heterocycles. The molecule has 1 atom stereocenters. The van der Waals surface area contributed by atoms with Gasteiger partial charge in [-0.15, -0.1) is 11.3 Å². The summed E-state index contributed by atoms with van der Waals surface area (Å²) in [6.45, 7) is 7.03. The van der Waals surface area contributed by atoms with E-state index in [0.717, 1.165) is 22.0 Å². The number of fused-ring (bicyclic) bond motifs is 2. The van der Waals surface area contributed by atoms with Gasteiger partial charge in [0.1, 0.15) is 18.5 Å². The number of ether oxygens (including phenoxy) is 2. The molecule has 144 valence electrons. The minimum Gasteiger partial charge on any atom is -0.490 e. The molecule has 1 heterocycles. The van der Waals surface area contributed by atoms with Gasteiger partial charge in [-0.1, -0.05) is 25.6 Å². The first-order chi connectivity index (χ1) is 13.5. The molecule has 0 amide bonds. The summed E-state index contributed by atoms with van der Waals surface area (Å²) in [5.74, 6) is 0.0950. The monoisotopic (exact) mass is 395 g/mol. The lowest BCUT2D eigenvalue weighted by Gasteiger charge is -2.23. The number of hydrogen-bond donors (Lipinski definition) is 0. The van der Waals surface area contributed by atoms with Crippen LogP contribution in [0, 0.1) is 0 Å². The summed E-state index contributed by atoms with van der Waals surface area (Å²) >= 11 is 1.58. The van der Waals surface area contributed by atoms with Gasteiger partial charge in [-0.2, -0.15) is 0 Å². The fourth-order valence-electron chi connectivity index (χ4n) is 2.87. The van der Waals surface area contributed by atoms with Crippen LogP contribution in [-0.2, 0) is 9.53 Å². The van der Waals surface area contributed by atoms with Gasteiger partial charge < -0.3 is 14.3 Å². The van der Waals surface area contributed by atoms with Crippen LogP contribution in [0.2, 0.25) is 0 Å². The van der Waals surface area contributed by atoms with E-state index in [2.05, 4.69) is 6.58 Å². The Kier molecular flexibility index (Phi) is 6.49. The Hall–Kier alpha value is -2.64. The minimum absolute atomic E-state index is 0.00449. The second-order valence-corrected chi connectivity index (χ2v) is 7.60. The molecule has 7 heteroatoms. The number of carbonyl (C=O) groups is 1. The number of rotatable bonds is 8. The van der Waals surface area contributed by atoms with Crippen molar-refractivity contribution in [2.24, 2.45) is 0 Å². The minimum atomic E-state index is -0.480. The SMILES string of the molecule is BN(CC)CC(COc1ccc2sc3ccccc3c(=O)c2c1)OC(=O)C=C. The average molecular weight is 395 g/mol. The molecule has 3 rings (SSSR count). The highest BCUT2D eigenvalue weighted by atomic mass is 32.1. The Bertz CT molecular complexity index is 1070. The smallest absolute Gasteiger partial charge is 0.330 e. The topological polar surface area (TPSA) is 55.8 Å². The predicted octanol–water partition coefficient (Wildman–Crippen LogP) is 2.76. The van der Waals surface area contributed by atoms with Crippen molar-refractivity contribution in [3.63, 3.8) is 0 Å². The van der Waals surface area contributed by atoms with Crippen LogP contribution in [0.5, 0.6) is 5.75 Å². The third-order valence-corrected chi connectivity index (χ3v) is 5.64. The van der Waals surface area contributed by atoms with Crippen molar-refractivity contribution in [2.75, 3.05) is 19.7 Å². The van der Waals surface area contributed by atoms with E-state index in [1.54, 1.807) is 17.4 Å². The van der Waals surface area contributed by atoms with E-state index < -0.39 is 12.1 Å². The van der Waals surface area contributed by atoms with Crippen LogP contribution in [0.1, 0.15) is 6.92 Å². The van der Waals surface area contributed by atoms with Crippen LogP contribution < -0.4 is 10.2 Å². The third kappa shape index (κ3) is 4.61. The maximum absolute atomic E-state index is 12.8. The van der Waals surface area contributed by atoms with Crippen molar-refractivity contribution >= 4 is 45.5 Å². The molecule has 0 radical (unpaired) electrons. The zero-order chi connectivity index (χ0) is 20.1. The summed E-state index contributed by atoms with van der Waals surface area (Å²) in [5, 5.41) is 1.34. The van der Waals surface area contributed by atoms with Crippen LogP contribution in [0.3, 0.4) is 0 Å². The lowest BCUT2D eigenvalue weighted by molar-refractivity contribution is -0.144. The molecule has 0 N–H and O–H groups in total. The van der Waals surface area contributed by atoms with E-state index in [4.69, 9.17) is 9.47 Å². The largest absolute Gasteiger partial charge is 0.490 e. The summed E-state index contributed by atoms with van der Waals surface area (Å²) in [5.41, 5.74) is -0.00449.